The number of thioether (sulfide) groups is 1. The van der Waals surface area contributed by atoms with E-state index in [2.05, 4.69) is 16.5 Å². The van der Waals surface area contributed by atoms with Crippen molar-refractivity contribution in [2.45, 2.75) is 29.5 Å². The van der Waals surface area contributed by atoms with Gasteiger partial charge in [-0.2, -0.15) is 0 Å². The summed E-state index contributed by atoms with van der Waals surface area (Å²) in [5, 5.41) is 3.31. The summed E-state index contributed by atoms with van der Waals surface area (Å²) in [7, 11) is 1.99. The molecule has 1 aromatic carbocycles. The molecule has 1 aliphatic rings. The first-order valence-corrected chi connectivity index (χ1v) is 10.3. The van der Waals surface area contributed by atoms with Crippen LogP contribution in [0.5, 0.6) is 0 Å². The molecule has 1 aliphatic heterocycles. The smallest absolute Gasteiger partial charge is 0.254 e. The van der Waals surface area contributed by atoms with E-state index in [0.717, 1.165) is 53.5 Å². The average Bonchev–Trinajstić information content (AvgIpc) is 3.15. The first-order chi connectivity index (χ1) is 13.2. The van der Waals surface area contributed by atoms with E-state index in [9.17, 15) is 4.79 Å². The van der Waals surface area contributed by atoms with E-state index in [4.69, 9.17) is 0 Å². The van der Waals surface area contributed by atoms with Crippen molar-refractivity contribution >= 4 is 48.1 Å². The fourth-order valence-electron chi connectivity index (χ4n) is 3.52. The fourth-order valence-corrected chi connectivity index (χ4v) is 4.45. The number of pyridine rings is 1. The summed E-state index contributed by atoms with van der Waals surface area (Å²) in [6.45, 7) is 1.63. The molecular formula is C21H26Cl2N4OS. The molecule has 0 spiro atoms. The number of piperidine rings is 1. The number of nitrogens with zero attached hydrogens (tertiary/aromatic N) is 3. The minimum Gasteiger partial charge on any atom is -0.338 e. The summed E-state index contributed by atoms with van der Waals surface area (Å²) in [5.74, 6) is 0.885. The van der Waals surface area contributed by atoms with Crippen molar-refractivity contribution in [1.29, 1.82) is 0 Å². The molecule has 5 nitrogen and oxygen atoms in total. The van der Waals surface area contributed by atoms with Gasteiger partial charge in [0.2, 0.25) is 0 Å². The summed E-state index contributed by atoms with van der Waals surface area (Å²) in [4.78, 5) is 20.7. The highest BCUT2D eigenvalue weighted by Crippen LogP contribution is 2.28. The second-order valence-corrected chi connectivity index (χ2v) is 7.86. The number of nitrogens with one attached hydrogen (secondary N) is 1. The first-order valence-electron chi connectivity index (χ1n) is 9.35. The molecule has 2 aromatic heterocycles. The minimum absolute atomic E-state index is 0. The Kier molecular flexibility index (Phi) is 8.83. The van der Waals surface area contributed by atoms with Crippen LogP contribution in [-0.4, -0.2) is 46.4 Å². The third kappa shape index (κ3) is 5.45. The van der Waals surface area contributed by atoms with Crippen LogP contribution in [0.4, 0.5) is 0 Å². The van der Waals surface area contributed by atoms with Crippen molar-refractivity contribution in [3.05, 3.63) is 66.1 Å². The predicted octanol–water partition coefficient (Wildman–Crippen LogP) is 4.29. The number of benzene rings is 1. The van der Waals surface area contributed by atoms with Gasteiger partial charge in [0.25, 0.3) is 5.91 Å². The van der Waals surface area contributed by atoms with E-state index < -0.39 is 0 Å². The number of imidazole rings is 1. The third-order valence-corrected chi connectivity index (χ3v) is 6.20. The molecule has 1 N–H and O–H groups in total. The van der Waals surface area contributed by atoms with Gasteiger partial charge in [-0.25, -0.2) is 4.98 Å². The summed E-state index contributed by atoms with van der Waals surface area (Å²) in [6, 6.07) is 14.4. The molecule has 0 aliphatic carbocycles. The van der Waals surface area contributed by atoms with Gasteiger partial charge in [-0.15, -0.1) is 36.6 Å². The van der Waals surface area contributed by atoms with Crippen molar-refractivity contribution in [1.82, 2.24) is 19.6 Å². The Hall–Kier alpha value is -1.73. The number of carbonyl (C=O) groups excluding carboxylic acids is 1. The van der Waals surface area contributed by atoms with Crippen molar-refractivity contribution in [2.24, 2.45) is 0 Å². The molecule has 0 radical (unpaired) electrons. The quantitative estimate of drug-likeness (QED) is 0.586. The fraction of sp³-hybridized carbons (Fsp3) is 0.333. The van der Waals surface area contributed by atoms with Gasteiger partial charge in [0, 0.05) is 42.2 Å². The van der Waals surface area contributed by atoms with Crippen LogP contribution in [0.15, 0.2) is 59.8 Å². The van der Waals surface area contributed by atoms with Gasteiger partial charge in [0.05, 0.1) is 11.3 Å². The van der Waals surface area contributed by atoms with Gasteiger partial charge in [0.15, 0.2) is 0 Å². The molecule has 8 heteroatoms. The Morgan fingerprint density at radius 1 is 1.14 bits per heavy atom. The van der Waals surface area contributed by atoms with E-state index in [1.54, 1.807) is 11.8 Å². The van der Waals surface area contributed by atoms with E-state index >= 15 is 0 Å². The summed E-state index contributed by atoms with van der Waals surface area (Å²) in [5.41, 5.74) is 2.77. The summed E-state index contributed by atoms with van der Waals surface area (Å²) < 4.78 is 2.03. The molecule has 0 saturated carbocycles. The second-order valence-electron chi connectivity index (χ2n) is 6.84. The van der Waals surface area contributed by atoms with Crippen molar-refractivity contribution < 1.29 is 4.79 Å². The van der Waals surface area contributed by atoms with E-state index in [1.165, 1.54) is 0 Å². The molecule has 29 heavy (non-hydrogen) atoms. The van der Waals surface area contributed by atoms with E-state index in [0.29, 0.717) is 6.04 Å². The summed E-state index contributed by atoms with van der Waals surface area (Å²) >= 11 is 1.68. The van der Waals surface area contributed by atoms with Crippen LogP contribution in [0, 0.1) is 0 Å². The molecule has 0 bridgehead atoms. The molecule has 156 valence electrons. The predicted molar refractivity (Wildman–Crippen MR) is 124 cm³/mol. The van der Waals surface area contributed by atoms with Crippen LogP contribution in [0.25, 0.3) is 5.65 Å². The normalized spacial score (nSPS) is 14.3. The molecule has 3 heterocycles. The summed E-state index contributed by atoms with van der Waals surface area (Å²) in [6.07, 6.45) is 6.08. The monoisotopic (exact) mass is 452 g/mol. The largest absolute Gasteiger partial charge is 0.338 e. The maximum atomic E-state index is 13.0. The number of fused-ring (bicyclic) bond motifs is 1. The number of rotatable bonds is 5. The van der Waals surface area contributed by atoms with Gasteiger partial charge in [-0.1, -0.05) is 18.2 Å². The zero-order valence-electron chi connectivity index (χ0n) is 16.3. The number of hydrogen-bond acceptors (Lipinski definition) is 4. The van der Waals surface area contributed by atoms with Gasteiger partial charge in [0.1, 0.15) is 5.65 Å². The second kappa shape index (κ2) is 10.9. The highest BCUT2D eigenvalue weighted by Gasteiger charge is 2.24. The first kappa shape index (κ1) is 23.5. The number of likely N-dealkylation sites (tertiary alicyclic amines) is 1. The molecule has 1 saturated heterocycles. The lowest BCUT2D eigenvalue weighted by molar-refractivity contribution is 0.0704. The zero-order valence-corrected chi connectivity index (χ0v) is 18.7. The highest BCUT2D eigenvalue weighted by atomic mass is 35.5. The Morgan fingerprint density at radius 2 is 1.86 bits per heavy atom. The molecule has 0 unspecified atom stereocenters. The SMILES string of the molecule is CNC1CCN(C(=O)c2ccccc2SCc2cn3ccccc3n2)CC1.Cl.Cl. The Morgan fingerprint density at radius 3 is 2.59 bits per heavy atom. The van der Waals surface area contributed by atoms with Gasteiger partial charge in [-0.3, -0.25) is 4.79 Å². The Bertz CT molecular complexity index is 908. The Labute approximate surface area is 188 Å². The van der Waals surface area contributed by atoms with E-state index in [1.807, 2.05) is 65.0 Å². The molecule has 0 atom stereocenters. The lowest BCUT2D eigenvalue weighted by Gasteiger charge is -2.32. The average molecular weight is 453 g/mol. The molecular weight excluding hydrogens is 427 g/mol. The third-order valence-electron chi connectivity index (χ3n) is 5.10. The topological polar surface area (TPSA) is 49.6 Å². The van der Waals surface area contributed by atoms with Gasteiger partial charge in [-0.05, 0) is 44.2 Å². The van der Waals surface area contributed by atoms with Crippen molar-refractivity contribution in [2.75, 3.05) is 20.1 Å². The van der Waals surface area contributed by atoms with Crippen LogP contribution in [0.1, 0.15) is 28.9 Å². The van der Waals surface area contributed by atoms with Crippen molar-refractivity contribution in [3.63, 3.8) is 0 Å². The molecule has 3 aromatic rings. The highest BCUT2D eigenvalue weighted by molar-refractivity contribution is 7.98. The molecule has 1 fully saturated rings. The zero-order chi connectivity index (χ0) is 18.6. The van der Waals surface area contributed by atoms with Gasteiger partial charge < -0.3 is 14.6 Å². The molecule has 4 rings (SSSR count). The van der Waals surface area contributed by atoms with Crippen LogP contribution < -0.4 is 5.32 Å². The van der Waals surface area contributed by atoms with Crippen LogP contribution >= 0.6 is 36.6 Å². The maximum absolute atomic E-state index is 13.0. The number of aromatic nitrogens is 2. The maximum Gasteiger partial charge on any atom is 0.254 e. The number of halogens is 2. The number of hydrogen-bond donors (Lipinski definition) is 1. The lowest BCUT2D eigenvalue weighted by Crippen LogP contribution is -2.44. The molecule has 1 amide bonds. The van der Waals surface area contributed by atoms with Crippen molar-refractivity contribution in [3.8, 4) is 0 Å². The van der Waals surface area contributed by atoms with Crippen LogP contribution in [0.2, 0.25) is 0 Å². The Balaban J connectivity index is 0.00000150. The lowest BCUT2D eigenvalue weighted by atomic mass is 10.0. The standard InChI is InChI=1S/C21H24N4OS.2ClH/c1-22-16-9-12-24(13-10-16)21(26)18-6-2-3-7-19(18)27-15-17-14-25-11-5-4-8-20(25)23-17;;/h2-8,11,14,16,22H,9-10,12-13,15H2,1H3;2*1H. The van der Waals surface area contributed by atoms with Gasteiger partial charge >= 0.3 is 0 Å². The number of amides is 1. The number of carbonyl (C=O) groups is 1. The van der Waals surface area contributed by atoms with Crippen LogP contribution in [-0.2, 0) is 5.75 Å². The van der Waals surface area contributed by atoms with E-state index in [-0.39, 0.29) is 30.7 Å². The van der Waals surface area contributed by atoms with Crippen LogP contribution in [0.3, 0.4) is 0 Å². The minimum atomic E-state index is 0.